The van der Waals surface area contributed by atoms with Crippen LogP contribution in [0.3, 0.4) is 0 Å². The van der Waals surface area contributed by atoms with E-state index in [1.165, 1.54) is 44.1 Å². The molecule has 2 N–H and O–H groups in total. The predicted octanol–water partition coefficient (Wildman–Crippen LogP) is 3.64. The fourth-order valence-corrected chi connectivity index (χ4v) is 2.40. The highest BCUT2D eigenvalue weighted by Crippen LogP contribution is 2.27. The molecule has 1 fully saturated rings. The van der Waals surface area contributed by atoms with Crippen LogP contribution in [0.2, 0.25) is 0 Å². The highest BCUT2D eigenvalue weighted by Gasteiger charge is 2.16. The van der Waals surface area contributed by atoms with Crippen molar-refractivity contribution in [3.05, 3.63) is 12.2 Å². The second-order valence-electron chi connectivity index (χ2n) is 5.00. The van der Waals surface area contributed by atoms with Crippen molar-refractivity contribution in [3.8, 4) is 0 Å². The van der Waals surface area contributed by atoms with E-state index in [1.54, 1.807) is 0 Å². The Morgan fingerprint density at radius 3 is 2.57 bits per heavy atom. The van der Waals surface area contributed by atoms with Crippen LogP contribution < -0.4 is 5.73 Å². The van der Waals surface area contributed by atoms with Crippen LogP contribution in [-0.4, -0.2) is 6.04 Å². The van der Waals surface area contributed by atoms with E-state index in [0.717, 1.165) is 18.8 Å². The van der Waals surface area contributed by atoms with Crippen molar-refractivity contribution in [2.24, 2.45) is 11.7 Å². The molecule has 1 saturated carbocycles. The van der Waals surface area contributed by atoms with Crippen LogP contribution in [0.5, 0.6) is 0 Å². The van der Waals surface area contributed by atoms with Gasteiger partial charge in [-0.05, 0) is 32.1 Å². The molecule has 0 amide bonds. The maximum atomic E-state index is 6.11. The van der Waals surface area contributed by atoms with Crippen LogP contribution in [0.15, 0.2) is 12.2 Å². The van der Waals surface area contributed by atoms with Gasteiger partial charge in [-0.3, -0.25) is 0 Å². The van der Waals surface area contributed by atoms with Gasteiger partial charge < -0.3 is 5.73 Å². The fourth-order valence-electron chi connectivity index (χ4n) is 2.40. The molecule has 1 rings (SSSR count). The van der Waals surface area contributed by atoms with Gasteiger partial charge in [0.05, 0.1) is 0 Å². The molecule has 0 saturated heterocycles. The van der Waals surface area contributed by atoms with Crippen molar-refractivity contribution in [2.45, 2.75) is 64.3 Å². The van der Waals surface area contributed by atoms with E-state index in [-0.39, 0.29) is 0 Å². The molecule has 0 heterocycles. The summed E-state index contributed by atoms with van der Waals surface area (Å²) in [5, 5.41) is 0. The Morgan fingerprint density at radius 1 is 1.36 bits per heavy atom. The highest BCUT2D eigenvalue weighted by atomic mass is 14.6. The van der Waals surface area contributed by atoms with E-state index in [0.29, 0.717) is 6.04 Å². The van der Waals surface area contributed by atoms with Gasteiger partial charge in [-0.15, -0.1) is 6.58 Å². The van der Waals surface area contributed by atoms with Gasteiger partial charge in [-0.25, -0.2) is 0 Å². The van der Waals surface area contributed by atoms with Gasteiger partial charge in [0.1, 0.15) is 0 Å². The summed E-state index contributed by atoms with van der Waals surface area (Å²) in [4.78, 5) is 0. The van der Waals surface area contributed by atoms with E-state index in [2.05, 4.69) is 13.5 Å². The Hall–Kier alpha value is -0.300. The van der Waals surface area contributed by atoms with Crippen molar-refractivity contribution >= 4 is 0 Å². The minimum atomic E-state index is 0.412. The smallest absolute Gasteiger partial charge is 0.00445 e. The number of rotatable bonds is 5. The van der Waals surface area contributed by atoms with Crippen LogP contribution in [0.4, 0.5) is 0 Å². The molecule has 0 aromatic rings. The summed E-state index contributed by atoms with van der Waals surface area (Å²) in [6, 6.07) is 0.412. The van der Waals surface area contributed by atoms with Gasteiger partial charge in [0.25, 0.3) is 0 Å². The molecular weight excluding hydrogens is 170 g/mol. The summed E-state index contributed by atoms with van der Waals surface area (Å²) in [6.45, 7) is 6.01. The Kier molecular flexibility index (Phi) is 5.24. The summed E-state index contributed by atoms with van der Waals surface area (Å²) in [5.41, 5.74) is 7.38. The van der Waals surface area contributed by atoms with E-state index >= 15 is 0 Å². The maximum absolute atomic E-state index is 6.11. The molecule has 0 radical (unpaired) electrons. The van der Waals surface area contributed by atoms with Gasteiger partial charge in [0.15, 0.2) is 0 Å². The highest BCUT2D eigenvalue weighted by molar-refractivity contribution is 4.89. The Morgan fingerprint density at radius 2 is 2.00 bits per heavy atom. The molecule has 0 aliphatic heterocycles. The number of hydrogen-bond acceptors (Lipinski definition) is 1. The van der Waals surface area contributed by atoms with Crippen LogP contribution in [0.25, 0.3) is 0 Å². The van der Waals surface area contributed by atoms with Crippen molar-refractivity contribution in [1.29, 1.82) is 0 Å². The third kappa shape index (κ3) is 4.80. The normalized spacial score (nSPS) is 20.7. The van der Waals surface area contributed by atoms with Crippen molar-refractivity contribution in [2.75, 3.05) is 0 Å². The molecule has 1 unspecified atom stereocenters. The quantitative estimate of drug-likeness (QED) is 0.666. The standard InChI is InChI=1S/C13H25N/c1-11(2)8-9-13(14)10-12-6-4-3-5-7-12/h12-13H,1,3-10,14H2,2H3. The molecule has 14 heavy (non-hydrogen) atoms. The maximum Gasteiger partial charge on any atom is 0.00445 e. The predicted molar refractivity (Wildman–Crippen MR) is 63.2 cm³/mol. The van der Waals surface area contributed by atoms with Crippen LogP contribution in [0.1, 0.15) is 58.3 Å². The van der Waals surface area contributed by atoms with Crippen LogP contribution >= 0.6 is 0 Å². The average Bonchev–Trinajstić information content (AvgIpc) is 2.16. The summed E-state index contributed by atoms with van der Waals surface area (Å²) < 4.78 is 0. The number of nitrogens with two attached hydrogens (primary N) is 1. The molecule has 0 aromatic carbocycles. The summed E-state index contributed by atoms with van der Waals surface area (Å²) in [6.07, 6.45) is 10.6. The lowest BCUT2D eigenvalue weighted by molar-refractivity contribution is 0.312. The molecule has 1 atom stereocenters. The van der Waals surface area contributed by atoms with Gasteiger partial charge in [-0.2, -0.15) is 0 Å². The van der Waals surface area contributed by atoms with Gasteiger partial charge >= 0.3 is 0 Å². The first-order valence-corrected chi connectivity index (χ1v) is 6.08. The molecule has 82 valence electrons. The molecule has 1 nitrogen and oxygen atoms in total. The lowest BCUT2D eigenvalue weighted by Gasteiger charge is -2.24. The third-order valence-electron chi connectivity index (χ3n) is 3.30. The van der Waals surface area contributed by atoms with Crippen molar-refractivity contribution in [1.82, 2.24) is 0 Å². The fraction of sp³-hybridized carbons (Fsp3) is 0.846. The summed E-state index contributed by atoms with van der Waals surface area (Å²) in [5.74, 6) is 0.920. The zero-order valence-corrected chi connectivity index (χ0v) is 9.60. The molecule has 0 bridgehead atoms. The molecule has 1 aliphatic rings. The topological polar surface area (TPSA) is 26.0 Å². The van der Waals surface area contributed by atoms with E-state index in [1.807, 2.05) is 0 Å². The molecule has 0 spiro atoms. The Bertz CT molecular complexity index is 168. The minimum absolute atomic E-state index is 0.412. The lowest BCUT2D eigenvalue weighted by atomic mass is 9.84. The van der Waals surface area contributed by atoms with E-state index in [4.69, 9.17) is 5.73 Å². The number of hydrogen-bond donors (Lipinski definition) is 1. The Balaban J connectivity index is 2.11. The lowest BCUT2D eigenvalue weighted by Crippen LogP contribution is -2.24. The van der Waals surface area contributed by atoms with Gasteiger partial charge in [0.2, 0.25) is 0 Å². The summed E-state index contributed by atoms with van der Waals surface area (Å²) >= 11 is 0. The largest absolute Gasteiger partial charge is 0.328 e. The van der Waals surface area contributed by atoms with Gasteiger partial charge in [0, 0.05) is 6.04 Å². The van der Waals surface area contributed by atoms with Gasteiger partial charge in [-0.1, -0.05) is 37.7 Å². The molecule has 1 heteroatoms. The SMILES string of the molecule is C=C(C)CCC(N)CC1CCCCC1. The Labute approximate surface area is 88.8 Å². The molecular formula is C13H25N. The second kappa shape index (κ2) is 6.23. The first-order chi connectivity index (χ1) is 6.68. The van der Waals surface area contributed by atoms with Crippen LogP contribution in [-0.2, 0) is 0 Å². The monoisotopic (exact) mass is 195 g/mol. The zero-order valence-electron chi connectivity index (χ0n) is 9.60. The first-order valence-electron chi connectivity index (χ1n) is 6.08. The number of allylic oxidation sites excluding steroid dienone is 1. The van der Waals surface area contributed by atoms with Crippen molar-refractivity contribution < 1.29 is 0 Å². The molecule has 0 aromatic heterocycles. The third-order valence-corrected chi connectivity index (χ3v) is 3.30. The summed E-state index contributed by atoms with van der Waals surface area (Å²) in [7, 11) is 0. The second-order valence-corrected chi connectivity index (χ2v) is 5.00. The van der Waals surface area contributed by atoms with E-state index < -0.39 is 0 Å². The zero-order chi connectivity index (χ0) is 10.4. The first kappa shape index (κ1) is 11.8. The molecule has 1 aliphatic carbocycles. The van der Waals surface area contributed by atoms with Crippen LogP contribution in [0, 0.1) is 5.92 Å². The van der Waals surface area contributed by atoms with Crippen molar-refractivity contribution in [3.63, 3.8) is 0 Å². The van der Waals surface area contributed by atoms with E-state index in [9.17, 15) is 0 Å². The minimum Gasteiger partial charge on any atom is -0.328 e. The average molecular weight is 195 g/mol.